The number of nitrogens with zero attached hydrogens (tertiary/aromatic N) is 2. The summed E-state index contributed by atoms with van der Waals surface area (Å²) in [5.41, 5.74) is 4.62. The van der Waals surface area contributed by atoms with Gasteiger partial charge < -0.3 is 10.1 Å². The average molecular weight is 409 g/mol. The van der Waals surface area contributed by atoms with E-state index in [1.165, 1.54) is 0 Å². The molecule has 0 saturated carbocycles. The van der Waals surface area contributed by atoms with Crippen LogP contribution in [0.2, 0.25) is 0 Å². The fourth-order valence-corrected chi connectivity index (χ4v) is 3.08. The molecule has 31 heavy (non-hydrogen) atoms. The van der Waals surface area contributed by atoms with Gasteiger partial charge in [-0.25, -0.2) is 9.97 Å². The van der Waals surface area contributed by atoms with E-state index in [0.717, 1.165) is 22.3 Å². The summed E-state index contributed by atoms with van der Waals surface area (Å²) in [4.78, 5) is 21.0. The highest BCUT2D eigenvalue weighted by Gasteiger charge is 2.08. The van der Waals surface area contributed by atoms with Crippen molar-refractivity contribution >= 4 is 5.91 Å². The van der Waals surface area contributed by atoms with Gasteiger partial charge in [-0.05, 0) is 16.7 Å². The summed E-state index contributed by atoms with van der Waals surface area (Å²) >= 11 is 0. The van der Waals surface area contributed by atoms with E-state index < -0.39 is 0 Å². The molecular formula is C26H23N3O2. The zero-order valence-corrected chi connectivity index (χ0v) is 17.1. The molecule has 0 saturated heterocycles. The van der Waals surface area contributed by atoms with Crippen molar-refractivity contribution in [3.05, 3.63) is 120 Å². The van der Waals surface area contributed by atoms with Crippen LogP contribution in [0, 0.1) is 0 Å². The Morgan fingerprint density at radius 3 is 1.90 bits per heavy atom. The Balaban J connectivity index is 1.25. The number of ether oxygens (including phenoxy) is 1. The second-order valence-corrected chi connectivity index (χ2v) is 7.14. The number of carbonyl (C=O) groups is 1. The van der Waals surface area contributed by atoms with Crippen LogP contribution < -0.4 is 5.32 Å². The van der Waals surface area contributed by atoms with Gasteiger partial charge >= 0.3 is 0 Å². The molecule has 1 N–H and O–H groups in total. The van der Waals surface area contributed by atoms with Gasteiger partial charge in [0.05, 0.1) is 18.8 Å². The van der Waals surface area contributed by atoms with Crippen molar-refractivity contribution < 1.29 is 9.53 Å². The lowest BCUT2D eigenvalue weighted by Crippen LogP contribution is -2.23. The molecule has 0 atom stereocenters. The molecule has 4 aromatic rings. The van der Waals surface area contributed by atoms with E-state index in [-0.39, 0.29) is 5.91 Å². The number of benzene rings is 3. The zero-order chi connectivity index (χ0) is 21.3. The monoisotopic (exact) mass is 409 g/mol. The van der Waals surface area contributed by atoms with Gasteiger partial charge in [-0.15, -0.1) is 0 Å². The van der Waals surface area contributed by atoms with Crippen molar-refractivity contribution in [2.24, 2.45) is 0 Å². The van der Waals surface area contributed by atoms with Crippen molar-refractivity contribution in [1.82, 2.24) is 15.3 Å². The van der Waals surface area contributed by atoms with Crippen LogP contribution in [-0.4, -0.2) is 15.9 Å². The lowest BCUT2D eigenvalue weighted by atomic mass is 10.1. The maximum atomic E-state index is 12.4. The van der Waals surface area contributed by atoms with Crippen LogP contribution in [0.4, 0.5) is 0 Å². The highest BCUT2D eigenvalue weighted by atomic mass is 16.5. The Morgan fingerprint density at radius 1 is 0.710 bits per heavy atom. The van der Waals surface area contributed by atoms with E-state index in [1.807, 2.05) is 84.9 Å². The third kappa shape index (κ3) is 5.84. The molecule has 154 valence electrons. The topological polar surface area (TPSA) is 64.1 Å². The van der Waals surface area contributed by atoms with Gasteiger partial charge in [0, 0.05) is 24.5 Å². The van der Waals surface area contributed by atoms with E-state index in [0.29, 0.717) is 31.1 Å². The third-order valence-electron chi connectivity index (χ3n) is 4.80. The number of nitrogens with one attached hydrogen (secondary N) is 1. The largest absolute Gasteiger partial charge is 0.372 e. The first kappa shape index (κ1) is 20.4. The van der Waals surface area contributed by atoms with Crippen LogP contribution in [0.15, 0.2) is 97.3 Å². The summed E-state index contributed by atoms with van der Waals surface area (Å²) in [5, 5.41) is 2.91. The lowest BCUT2D eigenvalue weighted by Gasteiger charge is -2.08. The predicted molar refractivity (Wildman–Crippen MR) is 120 cm³/mol. The normalized spacial score (nSPS) is 10.6. The third-order valence-corrected chi connectivity index (χ3v) is 4.80. The van der Waals surface area contributed by atoms with Gasteiger partial charge in [0.2, 0.25) is 0 Å². The summed E-state index contributed by atoms with van der Waals surface area (Å²) in [6, 6.07) is 27.8. The van der Waals surface area contributed by atoms with Crippen LogP contribution in [0.5, 0.6) is 0 Å². The first-order valence-corrected chi connectivity index (χ1v) is 10.1. The van der Waals surface area contributed by atoms with Gasteiger partial charge in [0.15, 0.2) is 5.82 Å². The molecule has 1 aromatic heterocycles. The number of carbonyl (C=O) groups excluding carboxylic acids is 1. The van der Waals surface area contributed by atoms with Crippen molar-refractivity contribution in [2.75, 3.05) is 0 Å². The Hall–Kier alpha value is -3.83. The number of aromatic nitrogens is 2. The molecule has 4 rings (SSSR count). The predicted octanol–water partition coefficient (Wildman–Crippen LogP) is 4.79. The fourth-order valence-electron chi connectivity index (χ4n) is 3.08. The highest BCUT2D eigenvalue weighted by molar-refractivity contribution is 5.93. The lowest BCUT2D eigenvalue weighted by molar-refractivity contribution is 0.0950. The van der Waals surface area contributed by atoms with E-state index in [4.69, 9.17) is 4.74 Å². The summed E-state index contributed by atoms with van der Waals surface area (Å²) in [5.74, 6) is 0.400. The van der Waals surface area contributed by atoms with E-state index in [9.17, 15) is 4.79 Å². The molecule has 0 radical (unpaired) electrons. The Kier molecular flexibility index (Phi) is 6.78. The van der Waals surface area contributed by atoms with Crippen molar-refractivity contribution in [3.8, 4) is 11.4 Å². The van der Waals surface area contributed by atoms with Crippen LogP contribution in [-0.2, 0) is 24.5 Å². The zero-order valence-electron chi connectivity index (χ0n) is 17.1. The first-order chi connectivity index (χ1) is 15.3. The molecule has 0 bridgehead atoms. The second-order valence-electron chi connectivity index (χ2n) is 7.14. The van der Waals surface area contributed by atoms with Crippen LogP contribution in [0.25, 0.3) is 11.4 Å². The maximum absolute atomic E-state index is 12.4. The molecule has 1 amide bonds. The summed E-state index contributed by atoms with van der Waals surface area (Å²) < 4.78 is 5.76. The summed E-state index contributed by atoms with van der Waals surface area (Å²) in [7, 11) is 0. The molecule has 0 unspecified atom stereocenters. The second kappa shape index (κ2) is 10.3. The molecule has 0 aliphatic carbocycles. The number of rotatable bonds is 8. The van der Waals surface area contributed by atoms with Gasteiger partial charge in [-0.1, -0.05) is 84.9 Å². The summed E-state index contributed by atoms with van der Waals surface area (Å²) in [6.07, 6.45) is 3.11. The Morgan fingerprint density at radius 2 is 1.26 bits per heavy atom. The molecule has 0 aliphatic heterocycles. The van der Waals surface area contributed by atoms with Crippen LogP contribution >= 0.6 is 0 Å². The smallest absolute Gasteiger partial charge is 0.254 e. The standard InChI is InChI=1S/C26H23N3O2/c30-26(24-16-27-25(28-17-24)23-9-5-2-6-10-23)29-15-20-11-13-22(14-12-20)19-31-18-21-7-3-1-4-8-21/h1-14,16-17H,15,18-19H2,(H,29,30). The molecule has 0 fully saturated rings. The number of amides is 1. The summed E-state index contributed by atoms with van der Waals surface area (Å²) in [6.45, 7) is 1.57. The molecule has 5 nitrogen and oxygen atoms in total. The number of hydrogen-bond donors (Lipinski definition) is 1. The van der Waals surface area contributed by atoms with E-state index >= 15 is 0 Å². The van der Waals surface area contributed by atoms with E-state index in [1.54, 1.807) is 12.4 Å². The van der Waals surface area contributed by atoms with E-state index in [2.05, 4.69) is 15.3 Å². The Labute approximate surface area is 181 Å². The molecule has 0 aliphatic rings. The SMILES string of the molecule is O=C(NCc1ccc(COCc2ccccc2)cc1)c1cnc(-c2ccccc2)nc1. The Bertz CT molecular complexity index is 1100. The first-order valence-electron chi connectivity index (χ1n) is 10.1. The van der Waals surface area contributed by atoms with Gasteiger partial charge in [0.1, 0.15) is 0 Å². The van der Waals surface area contributed by atoms with Crippen LogP contribution in [0.3, 0.4) is 0 Å². The minimum atomic E-state index is -0.199. The molecule has 3 aromatic carbocycles. The average Bonchev–Trinajstić information content (AvgIpc) is 2.85. The van der Waals surface area contributed by atoms with Crippen molar-refractivity contribution in [1.29, 1.82) is 0 Å². The minimum absolute atomic E-state index is 0.199. The maximum Gasteiger partial charge on any atom is 0.254 e. The number of hydrogen-bond acceptors (Lipinski definition) is 4. The molecular weight excluding hydrogens is 386 g/mol. The molecule has 5 heteroatoms. The van der Waals surface area contributed by atoms with Gasteiger partial charge in [-0.3, -0.25) is 4.79 Å². The fraction of sp³-hybridized carbons (Fsp3) is 0.115. The van der Waals surface area contributed by atoms with Crippen molar-refractivity contribution in [2.45, 2.75) is 19.8 Å². The van der Waals surface area contributed by atoms with Gasteiger partial charge in [0.25, 0.3) is 5.91 Å². The highest BCUT2D eigenvalue weighted by Crippen LogP contribution is 2.13. The minimum Gasteiger partial charge on any atom is -0.372 e. The quantitative estimate of drug-likeness (QED) is 0.454. The van der Waals surface area contributed by atoms with Crippen LogP contribution in [0.1, 0.15) is 27.0 Å². The van der Waals surface area contributed by atoms with Crippen molar-refractivity contribution in [3.63, 3.8) is 0 Å². The molecule has 0 spiro atoms. The van der Waals surface area contributed by atoms with Gasteiger partial charge in [-0.2, -0.15) is 0 Å². The molecule has 1 heterocycles.